The van der Waals surface area contributed by atoms with E-state index in [0.29, 0.717) is 18.9 Å². The van der Waals surface area contributed by atoms with Crippen LogP contribution in [0.15, 0.2) is 30.3 Å². The Morgan fingerprint density at radius 3 is 2.35 bits per heavy atom. The van der Waals surface area contributed by atoms with Crippen LogP contribution in [-0.2, 0) is 15.9 Å². The molecule has 1 aromatic rings. The number of hydrogen-bond donors (Lipinski definition) is 1. The fourth-order valence-corrected chi connectivity index (χ4v) is 2.86. The Labute approximate surface area is 122 Å². The van der Waals surface area contributed by atoms with Crippen LogP contribution >= 0.6 is 7.29 Å². The van der Waals surface area contributed by atoms with Crippen molar-refractivity contribution >= 4 is 13.2 Å². The molecule has 0 aliphatic carbocycles. The minimum Gasteiger partial charge on any atom is -0.299 e. The molecule has 0 radical (unpaired) electrons. The fraction of sp³-hybridized carbons (Fsp3) is 0.533. The van der Waals surface area contributed by atoms with Crippen molar-refractivity contribution in [2.45, 2.75) is 33.2 Å². The quantitative estimate of drug-likeness (QED) is 0.619. The molecule has 0 unspecified atom stereocenters. The highest BCUT2D eigenvalue weighted by Crippen LogP contribution is 2.40. The lowest BCUT2D eigenvalue weighted by Gasteiger charge is -2.27. The van der Waals surface area contributed by atoms with Crippen LogP contribution in [0.5, 0.6) is 0 Å². The van der Waals surface area contributed by atoms with Gasteiger partial charge in [0.25, 0.3) is 0 Å². The highest BCUT2D eigenvalue weighted by molar-refractivity contribution is 7.60. The van der Waals surface area contributed by atoms with E-state index in [4.69, 9.17) is 0 Å². The molecule has 0 fully saturated rings. The third-order valence-corrected chi connectivity index (χ3v) is 4.26. The van der Waals surface area contributed by atoms with E-state index < -0.39 is 7.29 Å². The van der Waals surface area contributed by atoms with Crippen LogP contribution in [-0.4, -0.2) is 24.0 Å². The molecule has 0 atom stereocenters. The van der Waals surface area contributed by atoms with Crippen LogP contribution in [0.4, 0.5) is 0 Å². The number of nitrogens with zero attached hydrogens (tertiary/aromatic N) is 1. The fourth-order valence-electron chi connectivity index (χ4n) is 1.81. The zero-order chi connectivity index (χ0) is 15.2. The number of carbonyl (C=O) groups is 1. The van der Waals surface area contributed by atoms with Crippen LogP contribution in [0, 0.1) is 5.92 Å². The van der Waals surface area contributed by atoms with E-state index in [0.717, 1.165) is 12.0 Å². The molecule has 0 aromatic heterocycles. The van der Waals surface area contributed by atoms with Gasteiger partial charge in [0, 0.05) is 26.3 Å². The van der Waals surface area contributed by atoms with Gasteiger partial charge in [0.05, 0.1) is 0 Å². The van der Waals surface area contributed by atoms with Gasteiger partial charge in [-0.25, -0.2) is 10.2 Å². The van der Waals surface area contributed by atoms with E-state index in [1.165, 1.54) is 4.78 Å². The predicted octanol–water partition coefficient (Wildman–Crippen LogP) is 3.49. The van der Waals surface area contributed by atoms with Crippen molar-refractivity contribution in [3.05, 3.63) is 35.9 Å². The summed E-state index contributed by atoms with van der Waals surface area (Å²) in [5.74, 6) is 0.367. The number of benzene rings is 1. The van der Waals surface area contributed by atoms with Gasteiger partial charge >= 0.3 is 0 Å². The van der Waals surface area contributed by atoms with E-state index in [9.17, 15) is 9.36 Å². The van der Waals surface area contributed by atoms with E-state index in [-0.39, 0.29) is 5.91 Å². The maximum absolute atomic E-state index is 12.3. The summed E-state index contributed by atoms with van der Waals surface area (Å²) in [5.41, 5.74) is 4.08. The Morgan fingerprint density at radius 2 is 1.85 bits per heavy atom. The number of carbonyl (C=O) groups excluding carboxylic acids is 1. The van der Waals surface area contributed by atoms with Crippen molar-refractivity contribution in [1.29, 1.82) is 0 Å². The Balaban J connectivity index is 2.66. The van der Waals surface area contributed by atoms with E-state index in [1.54, 1.807) is 13.3 Å². The standard InChI is InChI=1S/C15H25N2O2P/c1-13(2)10-11-15(18)17(20(3,4)19)16-12-14-8-6-5-7-9-14/h5-9,13,16H,10-12H2,1-4H3. The second-order valence-corrected chi connectivity index (χ2v) is 8.74. The summed E-state index contributed by atoms with van der Waals surface area (Å²) in [6.45, 7) is 7.87. The number of hydrogen-bond acceptors (Lipinski definition) is 3. The first kappa shape index (κ1) is 16.9. The first-order chi connectivity index (χ1) is 9.30. The molecule has 0 saturated carbocycles. The minimum absolute atomic E-state index is 0.0945. The van der Waals surface area contributed by atoms with Crippen LogP contribution in [0.1, 0.15) is 32.3 Å². The third-order valence-electron chi connectivity index (χ3n) is 2.93. The maximum Gasteiger partial charge on any atom is 0.242 e. The lowest BCUT2D eigenvalue weighted by atomic mass is 10.1. The predicted molar refractivity (Wildman–Crippen MR) is 83.7 cm³/mol. The molecular weight excluding hydrogens is 271 g/mol. The average molecular weight is 296 g/mol. The van der Waals surface area contributed by atoms with Gasteiger partial charge in [0.15, 0.2) is 7.29 Å². The number of amides is 1. The third kappa shape index (κ3) is 5.89. The van der Waals surface area contributed by atoms with Crippen molar-refractivity contribution < 1.29 is 9.36 Å². The summed E-state index contributed by atoms with van der Waals surface area (Å²) < 4.78 is 13.6. The topological polar surface area (TPSA) is 49.4 Å². The Kier molecular flexibility index (Phi) is 6.44. The molecule has 0 bridgehead atoms. The first-order valence-corrected chi connectivity index (χ1v) is 9.52. The van der Waals surface area contributed by atoms with Crippen LogP contribution in [0.3, 0.4) is 0 Å². The SMILES string of the molecule is CC(C)CCC(=O)N(NCc1ccccc1)P(C)(C)=O. The van der Waals surface area contributed by atoms with Crippen molar-refractivity contribution in [2.24, 2.45) is 5.92 Å². The number of hydrazine groups is 1. The number of rotatable bonds is 7. The maximum atomic E-state index is 12.3. The largest absolute Gasteiger partial charge is 0.299 e. The Bertz CT molecular complexity index is 468. The Morgan fingerprint density at radius 1 is 1.25 bits per heavy atom. The lowest BCUT2D eigenvalue weighted by molar-refractivity contribution is -0.129. The summed E-state index contributed by atoms with van der Waals surface area (Å²) in [5, 5.41) is 0. The second-order valence-electron chi connectivity index (χ2n) is 5.75. The Hall–Kier alpha value is -1.12. The smallest absolute Gasteiger partial charge is 0.242 e. The molecule has 0 spiro atoms. The minimum atomic E-state index is -2.66. The summed E-state index contributed by atoms with van der Waals surface area (Å²) in [6, 6.07) is 9.78. The zero-order valence-electron chi connectivity index (χ0n) is 12.8. The van der Waals surface area contributed by atoms with Crippen molar-refractivity contribution in [2.75, 3.05) is 13.3 Å². The molecule has 0 aliphatic heterocycles. The summed E-state index contributed by atoms with van der Waals surface area (Å²) in [6.07, 6.45) is 1.23. The zero-order valence-corrected chi connectivity index (χ0v) is 13.7. The van der Waals surface area contributed by atoms with Gasteiger partial charge < -0.3 is 0 Å². The molecule has 1 aromatic carbocycles. The summed E-state index contributed by atoms with van der Waals surface area (Å²) in [7, 11) is -2.66. The first-order valence-electron chi connectivity index (χ1n) is 6.96. The summed E-state index contributed by atoms with van der Waals surface area (Å²) in [4.78, 5) is 12.2. The van der Waals surface area contributed by atoms with Gasteiger partial charge in [0.1, 0.15) is 0 Å². The molecule has 20 heavy (non-hydrogen) atoms. The van der Waals surface area contributed by atoms with E-state index in [1.807, 2.05) is 30.3 Å². The molecule has 1 N–H and O–H groups in total. The van der Waals surface area contributed by atoms with Gasteiger partial charge in [-0.2, -0.15) is 0 Å². The molecular formula is C15H25N2O2P. The van der Waals surface area contributed by atoms with Crippen molar-refractivity contribution in [3.63, 3.8) is 0 Å². The van der Waals surface area contributed by atoms with E-state index in [2.05, 4.69) is 19.3 Å². The van der Waals surface area contributed by atoms with Crippen LogP contribution in [0.25, 0.3) is 0 Å². The van der Waals surface area contributed by atoms with Crippen LogP contribution in [0.2, 0.25) is 0 Å². The highest BCUT2D eigenvalue weighted by Gasteiger charge is 2.24. The van der Waals surface area contributed by atoms with Gasteiger partial charge in [-0.05, 0) is 17.9 Å². The van der Waals surface area contributed by atoms with Crippen LogP contribution < -0.4 is 5.43 Å². The molecule has 1 amide bonds. The van der Waals surface area contributed by atoms with Gasteiger partial charge in [-0.15, -0.1) is 0 Å². The molecule has 1 rings (SSSR count). The normalized spacial score (nSPS) is 11.7. The molecule has 112 valence electrons. The lowest BCUT2D eigenvalue weighted by Crippen LogP contribution is -2.39. The van der Waals surface area contributed by atoms with Gasteiger partial charge in [-0.3, -0.25) is 9.36 Å². The molecule has 4 nitrogen and oxygen atoms in total. The summed E-state index contributed by atoms with van der Waals surface area (Å²) >= 11 is 0. The van der Waals surface area contributed by atoms with Crippen molar-refractivity contribution in [1.82, 2.24) is 10.2 Å². The highest BCUT2D eigenvalue weighted by atomic mass is 31.2. The molecule has 5 heteroatoms. The van der Waals surface area contributed by atoms with Crippen molar-refractivity contribution in [3.8, 4) is 0 Å². The van der Waals surface area contributed by atoms with Gasteiger partial charge in [-0.1, -0.05) is 44.2 Å². The molecule has 0 aliphatic rings. The molecule has 0 heterocycles. The second kappa shape index (κ2) is 7.61. The van der Waals surface area contributed by atoms with E-state index >= 15 is 0 Å². The number of nitrogens with one attached hydrogen (secondary N) is 1. The average Bonchev–Trinajstić information content (AvgIpc) is 2.36. The molecule has 0 saturated heterocycles. The van der Waals surface area contributed by atoms with Gasteiger partial charge in [0.2, 0.25) is 5.91 Å². The monoisotopic (exact) mass is 296 g/mol.